The van der Waals surface area contributed by atoms with Crippen molar-refractivity contribution in [2.45, 2.75) is 58.4 Å². The molecule has 1 saturated carbocycles. The van der Waals surface area contributed by atoms with Gasteiger partial charge in [0.15, 0.2) is 11.6 Å². The maximum absolute atomic E-state index is 14.0. The van der Waals surface area contributed by atoms with E-state index in [1.54, 1.807) is 0 Å². The van der Waals surface area contributed by atoms with Gasteiger partial charge in [-0.3, -0.25) is 0 Å². The van der Waals surface area contributed by atoms with Crippen molar-refractivity contribution < 1.29 is 4.39 Å². The molecule has 1 heterocycles. The first-order chi connectivity index (χ1) is 8.74. The van der Waals surface area contributed by atoms with Gasteiger partial charge in [-0.05, 0) is 38.0 Å². The molecule has 0 aliphatic heterocycles. The van der Waals surface area contributed by atoms with E-state index in [-0.39, 0.29) is 5.82 Å². The Morgan fingerprint density at radius 3 is 2.56 bits per heavy atom. The third kappa shape index (κ3) is 2.98. The first kappa shape index (κ1) is 13.2. The number of aryl methyl sites for hydroxylation is 1. The molecule has 100 valence electrons. The Morgan fingerprint density at radius 2 is 1.94 bits per heavy atom. The molecule has 0 saturated heterocycles. The molecule has 0 spiro atoms. The van der Waals surface area contributed by atoms with Crippen LogP contribution >= 0.6 is 0 Å². The largest absolute Gasteiger partial charge is 0.365 e. The van der Waals surface area contributed by atoms with Crippen LogP contribution in [0.1, 0.15) is 51.6 Å². The van der Waals surface area contributed by atoms with E-state index in [1.807, 2.05) is 6.92 Å². The number of rotatable bonds is 4. The molecule has 3 nitrogen and oxygen atoms in total. The first-order valence-corrected chi connectivity index (χ1v) is 7.00. The number of anilines is 1. The van der Waals surface area contributed by atoms with Crippen LogP contribution in [0.5, 0.6) is 0 Å². The summed E-state index contributed by atoms with van der Waals surface area (Å²) < 4.78 is 14.0. The Labute approximate surface area is 108 Å². The van der Waals surface area contributed by atoms with Crippen LogP contribution in [0.4, 0.5) is 10.2 Å². The highest BCUT2D eigenvalue weighted by Gasteiger charge is 2.21. The highest BCUT2D eigenvalue weighted by Crippen LogP contribution is 2.28. The SMILES string of the molecule is CCc1ncnc(NC2CCC(CC)CC2)c1F. The molecule has 1 aromatic rings. The molecule has 0 unspecified atom stereocenters. The van der Waals surface area contributed by atoms with Crippen LogP contribution in [0.2, 0.25) is 0 Å². The fourth-order valence-corrected chi connectivity index (χ4v) is 2.66. The Morgan fingerprint density at radius 1 is 1.22 bits per heavy atom. The van der Waals surface area contributed by atoms with Crippen molar-refractivity contribution in [1.82, 2.24) is 9.97 Å². The molecule has 1 N–H and O–H groups in total. The van der Waals surface area contributed by atoms with Crippen molar-refractivity contribution in [2.75, 3.05) is 5.32 Å². The number of hydrogen-bond acceptors (Lipinski definition) is 3. The summed E-state index contributed by atoms with van der Waals surface area (Å²) in [6.07, 6.45) is 8.01. The molecular formula is C14H22FN3. The number of nitrogens with one attached hydrogen (secondary N) is 1. The Kier molecular flexibility index (Phi) is 4.50. The lowest BCUT2D eigenvalue weighted by Gasteiger charge is -2.28. The van der Waals surface area contributed by atoms with Gasteiger partial charge in [-0.25, -0.2) is 14.4 Å². The molecule has 0 radical (unpaired) electrons. The minimum Gasteiger partial charge on any atom is -0.365 e. The number of aromatic nitrogens is 2. The van der Waals surface area contributed by atoms with Gasteiger partial charge in [0.25, 0.3) is 0 Å². The van der Waals surface area contributed by atoms with Gasteiger partial charge in [0.1, 0.15) is 6.33 Å². The van der Waals surface area contributed by atoms with E-state index in [1.165, 1.54) is 25.6 Å². The fraction of sp³-hybridized carbons (Fsp3) is 0.714. The van der Waals surface area contributed by atoms with Gasteiger partial charge in [0.2, 0.25) is 0 Å². The molecular weight excluding hydrogens is 229 g/mol. The molecule has 0 atom stereocenters. The van der Waals surface area contributed by atoms with E-state index in [0.717, 1.165) is 18.8 Å². The summed E-state index contributed by atoms with van der Waals surface area (Å²) in [6, 6.07) is 0.363. The van der Waals surface area contributed by atoms with Crippen molar-refractivity contribution in [3.05, 3.63) is 17.8 Å². The van der Waals surface area contributed by atoms with Gasteiger partial charge in [0, 0.05) is 6.04 Å². The van der Waals surface area contributed by atoms with E-state index in [9.17, 15) is 4.39 Å². The summed E-state index contributed by atoms with van der Waals surface area (Å²) in [6.45, 7) is 4.15. The minimum absolute atomic E-state index is 0.280. The van der Waals surface area contributed by atoms with E-state index in [0.29, 0.717) is 24.0 Å². The monoisotopic (exact) mass is 251 g/mol. The summed E-state index contributed by atoms with van der Waals surface area (Å²) >= 11 is 0. The van der Waals surface area contributed by atoms with Crippen LogP contribution in [0.25, 0.3) is 0 Å². The Bertz CT molecular complexity index is 387. The third-order valence-electron chi connectivity index (χ3n) is 3.96. The summed E-state index contributed by atoms with van der Waals surface area (Å²) in [4.78, 5) is 7.97. The van der Waals surface area contributed by atoms with Crippen LogP contribution in [0.15, 0.2) is 6.33 Å². The van der Waals surface area contributed by atoms with Crippen LogP contribution in [-0.2, 0) is 6.42 Å². The normalized spacial score (nSPS) is 23.9. The molecule has 0 aromatic carbocycles. The summed E-state index contributed by atoms with van der Waals surface area (Å²) in [5, 5.41) is 3.24. The molecule has 2 rings (SSSR count). The van der Waals surface area contributed by atoms with Crippen molar-refractivity contribution in [2.24, 2.45) is 5.92 Å². The van der Waals surface area contributed by atoms with Gasteiger partial charge in [0.05, 0.1) is 5.69 Å². The number of nitrogens with zero attached hydrogens (tertiary/aromatic N) is 2. The van der Waals surface area contributed by atoms with Crippen molar-refractivity contribution >= 4 is 5.82 Å². The van der Waals surface area contributed by atoms with Crippen LogP contribution in [0.3, 0.4) is 0 Å². The Balaban J connectivity index is 1.98. The molecule has 1 aliphatic rings. The van der Waals surface area contributed by atoms with Gasteiger partial charge >= 0.3 is 0 Å². The standard InChI is InChI=1S/C14H22FN3/c1-3-10-5-7-11(8-6-10)18-14-13(15)12(4-2)16-9-17-14/h9-11H,3-8H2,1-2H3,(H,16,17,18). The lowest BCUT2D eigenvalue weighted by Crippen LogP contribution is -2.27. The average Bonchev–Trinajstić information content (AvgIpc) is 2.42. The van der Waals surface area contributed by atoms with E-state index in [4.69, 9.17) is 0 Å². The quantitative estimate of drug-likeness (QED) is 0.889. The van der Waals surface area contributed by atoms with E-state index in [2.05, 4.69) is 22.2 Å². The van der Waals surface area contributed by atoms with Crippen LogP contribution < -0.4 is 5.32 Å². The molecule has 1 aliphatic carbocycles. The van der Waals surface area contributed by atoms with Crippen molar-refractivity contribution in [3.63, 3.8) is 0 Å². The van der Waals surface area contributed by atoms with Crippen molar-refractivity contribution in [1.29, 1.82) is 0 Å². The number of hydrogen-bond donors (Lipinski definition) is 1. The smallest absolute Gasteiger partial charge is 0.186 e. The van der Waals surface area contributed by atoms with Gasteiger partial charge in [-0.1, -0.05) is 20.3 Å². The average molecular weight is 251 g/mol. The molecule has 1 aromatic heterocycles. The highest BCUT2D eigenvalue weighted by molar-refractivity contribution is 5.38. The fourth-order valence-electron chi connectivity index (χ4n) is 2.66. The van der Waals surface area contributed by atoms with Crippen LogP contribution in [-0.4, -0.2) is 16.0 Å². The van der Waals surface area contributed by atoms with Crippen LogP contribution in [0, 0.1) is 11.7 Å². The van der Waals surface area contributed by atoms with Crippen molar-refractivity contribution in [3.8, 4) is 0 Å². The second-order valence-electron chi connectivity index (χ2n) is 5.11. The third-order valence-corrected chi connectivity index (χ3v) is 3.96. The zero-order valence-corrected chi connectivity index (χ0v) is 11.2. The molecule has 18 heavy (non-hydrogen) atoms. The molecule has 0 bridgehead atoms. The predicted molar refractivity (Wildman–Crippen MR) is 71.0 cm³/mol. The summed E-state index contributed by atoms with van der Waals surface area (Å²) in [7, 11) is 0. The molecule has 0 amide bonds. The number of halogens is 1. The lowest BCUT2D eigenvalue weighted by atomic mass is 9.84. The topological polar surface area (TPSA) is 37.8 Å². The van der Waals surface area contributed by atoms with E-state index < -0.39 is 0 Å². The van der Waals surface area contributed by atoms with Gasteiger partial charge in [-0.2, -0.15) is 0 Å². The predicted octanol–water partition coefficient (Wildman–Crippen LogP) is 3.56. The first-order valence-electron chi connectivity index (χ1n) is 7.00. The second kappa shape index (κ2) is 6.12. The summed E-state index contributed by atoms with van der Waals surface area (Å²) in [5.74, 6) is 0.948. The second-order valence-corrected chi connectivity index (χ2v) is 5.11. The van der Waals surface area contributed by atoms with Gasteiger partial charge < -0.3 is 5.32 Å². The minimum atomic E-state index is -0.280. The molecule has 1 fully saturated rings. The highest BCUT2D eigenvalue weighted by atomic mass is 19.1. The Hall–Kier alpha value is -1.19. The zero-order valence-electron chi connectivity index (χ0n) is 11.2. The lowest BCUT2D eigenvalue weighted by molar-refractivity contribution is 0.329. The van der Waals surface area contributed by atoms with E-state index >= 15 is 0 Å². The maximum Gasteiger partial charge on any atom is 0.186 e. The van der Waals surface area contributed by atoms with Gasteiger partial charge in [-0.15, -0.1) is 0 Å². The molecule has 4 heteroatoms. The zero-order chi connectivity index (χ0) is 13.0. The maximum atomic E-state index is 14.0. The summed E-state index contributed by atoms with van der Waals surface area (Å²) in [5.41, 5.74) is 0.495.